The molecule has 0 saturated heterocycles. The van der Waals surface area contributed by atoms with E-state index in [4.69, 9.17) is 14.2 Å². The van der Waals surface area contributed by atoms with E-state index < -0.39 is 6.10 Å². The molecule has 0 bridgehead atoms. The van der Waals surface area contributed by atoms with Crippen LogP contribution < -0.4 is 0 Å². The summed E-state index contributed by atoms with van der Waals surface area (Å²) in [6.45, 7) is 6.43. The Balaban J connectivity index is 4.47. The second kappa shape index (κ2) is 53.9. The molecule has 0 aromatic carbocycles. The van der Waals surface area contributed by atoms with Gasteiger partial charge < -0.3 is 14.2 Å². The summed E-state index contributed by atoms with van der Waals surface area (Å²) >= 11 is 0. The Bertz CT molecular complexity index is 1330. The van der Waals surface area contributed by atoms with Gasteiger partial charge in [0.25, 0.3) is 0 Å². The van der Waals surface area contributed by atoms with Crippen molar-refractivity contribution in [2.75, 3.05) is 13.2 Å². The smallest absolute Gasteiger partial charge is 0.306 e. The van der Waals surface area contributed by atoms with Gasteiger partial charge in [-0.3, -0.25) is 14.4 Å². The number of hydrogen-bond donors (Lipinski definition) is 0. The largest absolute Gasteiger partial charge is 0.462 e. The van der Waals surface area contributed by atoms with Gasteiger partial charge in [-0.05, 0) is 89.9 Å². The molecule has 0 aromatic rings. The van der Waals surface area contributed by atoms with Crippen LogP contribution in [0.1, 0.15) is 245 Å². The Morgan fingerprint density at radius 1 is 0.318 bits per heavy atom. The minimum absolute atomic E-state index is 0.0964. The third kappa shape index (κ3) is 51.3. The molecule has 0 spiro atoms. The fourth-order valence-electron chi connectivity index (χ4n) is 7.32. The maximum atomic E-state index is 12.8. The maximum Gasteiger partial charge on any atom is 0.306 e. The Labute approximate surface area is 407 Å². The number of hydrogen-bond acceptors (Lipinski definition) is 6. The fourth-order valence-corrected chi connectivity index (χ4v) is 7.32. The third-order valence-electron chi connectivity index (χ3n) is 11.4. The van der Waals surface area contributed by atoms with Crippen LogP contribution >= 0.6 is 0 Å². The Kier molecular flexibility index (Phi) is 50.9. The van der Waals surface area contributed by atoms with Gasteiger partial charge in [0.1, 0.15) is 13.2 Å². The van der Waals surface area contributed by atoms with Gasteiger partial charge in [0.2, 0.25) is 0 Å². The number of allylic oxidation sites excluding steroid dienone is 16. The first kappa shape index (κ1) is 62.3. The fraction of sp³-hybridized carbons (Fsp3) is 0.683. The molecule has 1 atom stereocenters. The van der Waals surface area contributed by atoms with Gasteiger partial charge in [-0.25, -0.2) is 0 Å². The molecule has 0 N–H and O–H groups in total. The average molecular weight is 917 g/mol. The van der Waals surface area contributed by atoms with Crippen molar-refractivity contribution in [3.05, 3.63) is 97.2 Å². The first-order valence-electron chi connectivity index (χ1n) is 27.3. The number of rotatable bonds is 48. The van der Waals surface area contributed by atoms with E-state index >= 15 is 0 Å². The molecule has 0 fully saturated rings. The number of esters is 3. The SMILES string of the molecule is CC\C=C/C=C\C=C/CCCCCCCCCC(=O)OC(COC(=O)CCCCCCC\C=C/C=C\C=C/CCCCCCC)COC(=O)CCCCCCCC/C=C\C=C/CCCCC. The molecule has 1 unspecified atom stereocenters. The quantitative estimate of drug-likeness (QED) is 0.0262. The Morgan fingerprint density at radius 3 is 0.955 bits per heavy atom. The van der Waals surface area contributed by atoms with Crippen LogP contribution in [0.15, 0.2) is 97.2 Å². The first-order chi connectivity index (χ1) is 32.5. The molecule has 0 aliphatic rings. The molecule has 0 rings (SSSR count). The number of carbonyl (C=O) groups excluding carboxylic acids is 3. The van der Waals surface area contributed by atoms with Gasteiger partial charge in [0.15, 0.2) is 6.10 Å². The van der Waals surface area contributed by atoms with Crippen LogP contribution in [0.5, 0.6) is 0 Å². The molecule has 0 aromatic heterocycles. The minimum atomic E-state index is -0.799. The van der Waals surface area contributed by atoms with E-state index in [1.165, 1.54) is 96.3 Å². The van der Waals surface area contributed by atoms with E-state index in [0.717, 1.165) is 109 Å². The molecule has 0 amide bonds. The molecule has 0 aliphatic carbocycles. The van der Waals surface area contributed by atoms with Gasteiger partial charge >= 0.3 is 17.9 Å². The lowest BCUT2D eigenvalue weighted by molar-refractivity contribution is -0.167. The molecular formula is C60H100O6. The average Bonchev–Trinajstić information content (AvgIpc) is 3.31. The zero-order chi connectivity index (χ0) is 47.9. The Morgan fingerprint density at radius 2 is 0.591 bits per heavy atom. The summed E-state index contributed by atoms with van der Waals surface area (Å²) in [6.07, 6.45) is 71.0. The molecule has 6 heteroatoms. The van der Waals surface area contributed by atoms with Crippen molar-refractivity contribution >= 4 is 17.9 Å². The van der Waals surface area contributed by atoms with E-state index in [0.29, 0.717) is 19.3 Å². The van der Waals surface area contributed by atoms with Crippen LogP contribution in [0.4, 0.5) is 0 Å². The molecule has 0 radical (unpaired) electrons. The standard InChI is InChI=1S/C60H100O6/c1-4-7-10-13-16-19-22-25-28-29-30-33-35-38-41-44-47-50-53-59(62)65-56-57(66-60(63)54-51-48-45-42-39-36-32-27-24-21-18-15-12-9-6-3)55-64-58(61)52-49-46-43-40-37-34-31-26-23-20-17-14-11-8-5-2/h9,12,15,17-18,20-26,28-30,33,57H,4-8,10-11,13-14,16,19,27,31-32,34-56H2,1-3H3/b12-9-,18-15-,20-17-,24-21-,25-22-,26-23-,29-28-,33-30-. The minimum Gasteiger partial charge on any atom is -0.462 e. The number of unbranched alkanes of at least 4 members (excludes halogenated alkanes) is 26. The van der Waals surface area contributed by atoms with E-state index in [1.807, 2.05) is 0 Å². The summed E-state index contributed by atoms with van der Waals surface area (Å²) in [5.74, 6) is -0.939. The van der Waals surface area contributed by atoms with Crippen molar-refractivity contribution in [1.29, 1.82) is 0 Å². The molecule has 6 nitrogen and oxygen atoms in total. The van der Waals surface area contributed by atoms with Crippen molar-refractivity contribution in [2.45, 2.75) is 252 Å². The maximum absolute atomic E-state index is 12.8. The predicted molar refractivity (Wildman–Crippen MR) is 284 cm³/mol. The van der Waals surface area contributed by atoms with Gasteiger partial charge in [0, 0.05) is 19.3 Å². The molecule has 0 heterocycles. The van der Waals surface area contributed by atoms with Gasteiger partial charge in [-0.15, -0.1) is 0 Å². The highest BCUT2D eigenvalue weighted by Crippen LogP contribution is 2.14. The summed E-state index contributed by atoms with van der Waals surface area (Å²) in [5, 5.41) is 0. The summed E-state index contributed by atoms with van der Waals surface area (Å²) in [4.78, 5) is 38.1. The highest BCUT2D eigenvalue weighted by molar-refractivity contribution is 5.71. The van der Waals surface area contributed by atoms with Crippen molar-refractivity contribution in [1.82, 2.24) is 0 Å². The molecule has 0 saturated carbocycles. The van der Waals surface area contributed by atoms with Gasteiger partial charge in [-0.2, -0.15) is 0 Å². The second-order valence-electron chi connectivity index (χ2n) is 17.9. The van der Waals surface area contributed by atoms with E-state index in [9.17, 15) is 14.4 Å². The lowest BCUT2D eigenvalue weighted by atomic mass is 10.1. The topological polar surface area (TPSA) is 78.9 Å². The molecule has 0 aliphatic heterocycles. The lowest BCUT2D eigenvalue weighted by Crippen LogP contribution is -2.30. The molecular weight excluding hydrogens is 817 g/mol. The normalized spacial score (nSPS) is 12.8. The lowest BCUT2D eigenvalue weighted by Gasteiger charge is -2.18. The highest BCUT2D eigenvalue weighted by Gasteiger charge is 2.19. The van der Waals surface area contributed by atoms with Crippen molar-refractivity contribution < 1.29 is 28.6 Å². The van der Waals surface area contributed by atoms with E-state index in [1.54, 1.807) is 0 Å². The van der Waals surface area contributed by atoms with Crippen LogP contribution in [0.2, 0.25) is 0 Å². The van der Waals surface area contributed by atoms with Gasteiger partial charge in [0.05, 0.1) is 0 Å². The van der Waals surface area contributed by atoms with Crippen LogP contribution in [0.3, 0.4) is 0 Å². The van der Waals surface area contributed by atoms with Crippen LogP contribution in [0.25, 0.3) is 0 Å². The predicted octanol–water partition coefficient (Wildman–Crippen LogP) is 18.1. The highest BCUT2D eigenvalue weighted by atomic mass is 16.6. The third-order valence-corrected chi connectivity index (χ3v) is 11.4. The van der Waals surface area contributed by atoms with Crippen LogP contribution in [0, 0.1) is 0 Å². The zero-order valence-electron chi connectivity index (χ0n) is 42.9. The Hall–Kier alpha value is -3.67. The van der Waals surface area contributed by atoms with Crippen molar-refractivity contribution in [3.8, 4) is 0 Å². The van der Waals surface area contributed by atoms with Crippen molar-refractivity contribution in [2.24, 2.45) is 0 Å². The first-order valence-corrected chi connectivity index (χ1v) is 27.3. The van der Waals surface area contributed by atoms with Crippen LogP contribution in [-0.4, -0.2) is 37.2 Å². The summed E-state index contributed by atoms with van der Waals surface area (Å²) in [6, 6.07) is 0. The summed E-state index contributed by atoms with van der Waals surface area (Å²) < 4.78 is 16.8. The monoisotopic (exact) mass is 917 g/mol. The summed E-state index contributed by atoms with van der Waals surface area (Å²) in [5.41, 5.74) is 0. The number of ether oxygens (including phenoxy) is 3. The summed E-state index contributed by atoms with van der Waals surface area (Å²) in [7, 11) is 0. The van der Waals surface area contributed by atoms with E-state index in [-0.39, 0.29) is 31.1 Å². The molecule has 66 heavy (non-hydrogen) atoms. The van der Waals surface area contributed by atoms with E-state index in [2.05, 4.69) is 118 Å². The molecule has 376 valence electrons. The van der Waals surface area contributed by atoms with Crippen LogP contribution in [-0.2, 0) is 28.6 Å². The van der Waals surface area contributed by atoms with Gasteiger partial charge in [-0.1, -0.05) is 234 Å². The second-order valence-corrected chi connectivity index (χ2v) is 17.9. The zero-order valence-corrected chi connectivity index (χ0v) is 42.9. The van der Waals surface area contributed by atoms with Crippen molar-refractivity contribution in [3.63, 3.8) is 0 Å². The number of carbonyl (C=O) groups is 3.